The molecule has 0 bridgehead atoms. The molecule has 1 aromatic rings. The third-order valence-corrected chi connectivity index (χ3v) is 2.43. The van der Waals surface area contributed by atoms with E-state index < -0.39 is 17.6 Å². The summed E-state index contributed by atoms with van der Waals surface area (Å²) in [6, 6.07) is 2.77. The molecule has 1 N–H and O–H groups in total. The smallest absolute Gasteiger partial charge is 0.326 e. The van der Waals surface area contributed by atoms with Crippen LogP contribution >= 0.6 is 11.6 Å². The highest BCUT2D eigenvalue weighted by Gasteiger charge is 2.31. The predicted molar refractivity (Wildman–Crippen MR) is 65.0 cm³/mol. The lowest BCUT2D eigenvalue weighted by Crippen LogP contribution is -2.13. The molecule has 0 aromatic heterocycles. The van der Waals surface area contributed by atoms with Crippen molar-refractivity contribution in [1.82, 2.24) is 0 Å². The van der Waals surface area contributed by atoms with Crippen LogP contribution in [-0.4, -0.2) is 11.7 Å². The first-order valence-corrected chi connectivity index (χ1v) is 5.73. The number of hydrogen-bond acceptors (Lipinski definition) is 2. The van der Waals surface area contributed by atoms with E-state index >= 15 is 0 Å². The van der Waals surface area contributed by atoms with Gasteiger partial charge >= 0.3 is 6.18 Å². The minimum absolute atomic E-state index is 0.0402. The second kappa shape index (κ2) is 6.06. The lowest BCUT2D eigenvalue weighted by Gasteiger charge is -2.10. The van der Waals surface area contributed by atoms with Gasteiger partial charge in [-0.25, -0.2) is 0 Å². The molecule has 19 heavy (non-hydrogen) atoms. The van der Waals surface area contributed by atoms with Crippen LogP contribution in [0.3, 0.4) is 0 Å². The maximum atomic E-state index is 12.5. The first kappa shape index (κ1) is 15.5. The molecule has 104 valence electrons. The minimum atomic E-state index is -4.54. The first-order chi connectivity index (χ1) is 8.68. The summed E-state index contributed by atoms with van der Waals surface area (Å²) in [7, 11) is 0. The molecule has 0 aliphatic carbocycles. The number of benzene rings is 1. The molecule has 0 saturated heterocycles. The number of carbonyl (C=O) groups is 2. The number of nitrogens with one attached hydrogen (secondary N) is 1. The minimum Gasteiger partial charge on any atom is -0.326 e. The first-order valence-electron chi connectivity index (χ1n) is 5.35. The molecule has 0 fully saturated rings. The van der Waals surface area contributed by atoms with Crippen LogP contribution in [0.15, 0.2) is 18.2 Å². The lowest BCUT2D eigenvalue weighted by atomic mass is 10.2. The number of halogens is 4. The van der Waals surface area contributed by atoms with Crippen LogP contribution in [0.25, 0.3) is 0 Å². The fourth-order valence-electron chi connectivity index (χ4n) is 1.34. The van der Waals surface area contributed by atoms with E-state index in [1.807, 2.05) is 0 Å². The Bertz CT molecular complexity index is 500. The Labute approximate surface area is 112 Å². The van der Waals surface area contributed by atoms with Crippen LogP contribution in [0, 0.1) is 0 Å². The van der Waals surface area contributed by atoms with Crippen LogP contribution in [-0.2, 0) is 15.8 Å². The number of alkyl halides is 3. The molecule has 0 heterocycles. The number of rotatable bonds is 4. The zero-order valence-electron chi connectivity index (χ0n) is 9.97. The fraction of sp³-hybridized carbons (Fsp3) is 0.333. The standard InChI is InChI=1S/C12H11ClF3NO2/c1-7(18)2-3-11(19)17-10-5-8(12(14,15)16)4-9(13)6-10/h4-6H,2-3H2,1H3,(H,17,19). The Morgan fingerprint density at radius 1 is 1.21 bits per heavy atom. The predicted octanol–water partition coefficient (Wildman–Crippen LogP) is 3.67. The topological polar surface area (TPSA) is 46.2 Å². The number of anilines is 1. The van der Waals surface area contributed by atoms with Crippen LogP contribution in [0.2, 0.25) is 5.02 Å². The van der Waals surface area contributed by atoms with Crippen molar-refractivity contribution in [2.75, 3.05) is 5.32 Å². The van der Waals surface area contributed by atoms with E-state index in [1.165, 1.54) is 13.0 Å². The molecule has 0 spiro atoms. The monoisotopic (exact) mass is 293 g/mol. The average Bonchev–Trinajstić information content (AvgIpc) is 2.24. The number of carbonyl (C=O) groups excluding carboxylic acids is 2. The third-order valence-electron chi connectivity index (χ3n) is 2.21. The summed E-state index contributed by atoms with van der Waals surface area (Å²) in [6.45, 7) is 1.33. The Kier molecular flexibility index (Phi) is 4.94. The molecule has 0 aliphatic heterocycles. The summed E-state index contributed by atoms with van der Waals surface area (Å²) in [5.74, 6) is -0.706. The molecule has 7 heteroatoms. The number of hydrogen-bond donors (Lipinski definition) is 1. The SMILES string of the molecule is CC(=O)CCC(=O)Nc1cc(Cl)cc(C(F)(F)F)c1. The largest absolute Gasteiger partial charge is 0.416 e. The quantitative estimate of drug-likeness (QED) is 0.920. The van der Waals surface area contributed by atoms with E-state index in [0.29, 0.717) is 0 Å². The Morgan fingerprint density at radius 3 is 2.37 bits per heavy atom. The third kappa shape index (κ3) is 5.30. The molecular formula is C12H11ClF3NO2. The number of amides is 1. The summed E-state index contributed by atoms with van der Waals surface area (Å²) in [5, 5.41) is 2.15. The zero-order chi connectivity index (χ0) is 14.6. The van der Waals surface area contributed by atoms with Crippen molar-refractivity contribution in [1.29, 1.82) is 0 Å². The van der Waals surface area contributed by atoms with Gasteiger partial charge in [-0.1, -0.05) is 11.6 Å². The zero-order valence-corrected chi connectivity index (χ0v) is 10.7. The van der Waals surface area contributed by atoms with Gasteiger partial charge in [0.2, 0.25) is 5.91 Å². The second-order valence-electron chi connectivity index (χ2n) is 3.98. The van der Waals surface area contributed by atoms with Gasteiger partial charge in [-0.15, -0.1) is 0 Å². The highest BCUT2D eigenvalue weighted by atomic mass is 35.5. The molecule has 1 rings (SSSR count). The number of ketones is 1. The lowest BCUT2D eigenvalue weighted by molar-refractivity contribution is -0.137. The van der Waals surface area contributed by atoms with Crippen molar-refractivity contribution in [3.05, 3.63) is 28.8 Å². The van der Waals surface area contributed by atoms with Crippen LogP contribution < -0.4 is 5.32 Å². The molecule has 0 aliphatic rings. The normalized spacial score (nSPS) is 11.2. The van der Waals surface area contributed by atoms with Crippen LogP contribution in [0.5, 0.6) is 0 Å². The highest BCUT2D eigenvalue weighted by molar-refractivity contribution is 6.31. The van der Waals surface area contributed by atoms with Gasteiger partial charge < -0.3 is 10.1 Å². The van der Waals surface area contributed by atoms with Crippen molar-refractivity contribution in [2.24, 2.45) is 0 Å². The van der Waals surface area contributed by atoms with E-state index in [-0.39, 0.29) is 29.3 Å². The van der Waals surface area contributed by atoms with Gasteiger partial charge in [-0.3, -0.25) is 4.79 Å². The van der Waals surface area contributed by atoms with Gasteiger partial charge in [0.25, 0.3) is 0 Å². The van der Waals surface area contributed by atoms with Gasteiger partial charge in [0.15, 0.2) is 0 Å². The molecule has 1 amide bonds. The summed E-state index contributed by atoms with van der Waals surface area (Å²) in [4.78, 5) is 22.1. The van der Waals surface area contributed by atoms with Gasteiger partial charge in [0.05, 0.1) is 5.56 Å². The van der Waals surface area contributed by atoms with Crippen molar-refractivity contribution in [3.63, 3.8) is 0 Å². The van der Waals surface area contributed by atoms with Crippen LogP contribution in [0.4, 0.5) is 18.9 Å². The molecule has 0 radical (unpaired) electrons. The van der Waals surface area contributed by atoms with E-state index in [0.717, 1.165) is 12.1 Å². The van der Waals surface area contributed by atoms with E-state index in [2.05, 4.69) is 5.32 Å². The van der Waals surface area contributed by atoms with Gasteiger partial charge in [-0.05, 0) is 25.1 Å². The molecule has 0 unspecified atom stereocenters. The van der Waals surface area contributed by atoms with Crippen molar-refractivity contribution in [2.45, 2.75) is 25.9 Å². The Balaban J connectivity index is 2.81. The Morgan fingerprint density at radius 2 is 1.84 bits per heavy atom. The molecule has 1 aromatic carbocycles. The fourth-order valence-corrected chi connectivity index (χ4v) is 1.57. The highest BCUT2D eigenvalue weighted by Crippen LogP contribution is 2.33. The maximum Gasteiger partial charge on any atom is 0.416 e. The van der Waals surface area contributed by atoms with E-state index in [4.69, 9.17) is 11.6 Å². The van der Waals surface area contributed by atoms with Gasteiger partial charge in [-0.2, -0.15) is 13.2 Å². The van der Waals surface area contributed by atoms with Gasteiger partial charge in [0, 0.05) is 23.6 Å². The molecule has 0 saturated carbocycles. The molecule has 0 atom stereocenters. The number of Topliss-reactive ketones (excluding diaryl/α,β-unsaturated/α-hetero) is 1. The van der Waals surface area contributed by atoms with E-state index in [9.17, 15) is 22.8 Å². The summed E-state index contributed by atoms with van der Waals surface area (Å²) in [6.07, 6.45) is -4.58. The average molecular weight is 294 g/mol. The van der Waals surface area contributed by atoms with Crippen molar-refractivity contribution >= 4 is 29.0 Å². The molecule has 3 nitrogen and oxygen atoms in total. The maximum absolute atomic E-state index is 12.5. The second-order valence-corrected chi connectivity index (χ2v) is 4.41. The Hall–Kier alpha value is -1.56. The van der Waals surface area contributed by atoms with Crippen molar-refractivity contribution < 1.29 is 22.8 Å². The summed E-state index contributed by atoms with van der Waals surface area (Å²) >= 11 is 5.56. The summed E-state index contributed by atoms with van der Waals surface area (Å²) in [5.41, 5.74) is -0.991. The molecular weight excluding hydrogens is 283 g/mol. The van der Waals surface area contributed by atoms with E-state index in [1.54, 1.807) is 0 Å². The van der Waals surface area contributed by atoms with Crippen LogP contribution in [0.1, 0.15) is 25.3 Å². The van der Waals surface area contributed by atoms with Crippen molar-refractivity contribution in [3.8, 4) is 0 Å². The summed E-state index contributed by atoms with van der Waals surface area (Å²) < 4.78 is 37.6. The van der Waals surface area contributed by atoms with Gasteiger partial charge in [0.1, 0.15) is 5.78 Å².